The molecule has 1 aliphatic carbocycles. The predicted molar refractivity (Wildman–Crippen MR) is 79.9 cm³/mol. The topological polar surface area (TPSA) is 44.1 Å². The number of benzene rings is 1. The fourth-order valence-electron chi connectivity index (χ4n) is 2.83. The summed E-state index contributed by atoms with van der Waals surface area (Å²) in [7, 11) is 0. The van der Waals surface area contributed by atoms with E-state index < -0.39 is 0 Å². The van der Waals surface area contributed by atoms with Crippen molar-refractivity contribution in [1.82, 2.24) is 9.78 Å². The average Bonchev–Trinajstić information content (AvgIpc) is 3.17. The zero-order valence-electron chi connectivity index (χ0n) is 12.1. The SMILES string of the molecule is O=C(CC1CCCC1)OCc1ccn(-c2ccccc2)n1. The average molecular weight is 284 g/mol. The van der Waals surface area contributed by atoms with E-state index in [0.29, 0.717) is 12.3 Å². The van der Waals surface area contributed by atoms with Gasteiger partial charge in [-0.1, -0.05) is 31.0 Å². The quantitative estimate of drug-likeness (QED) is 0.789. The Kier molecular flexibility index (Phi) is 4.34. The number of hydrogen-bond acceptors (Lipinski definition) is 3. The van der Waals surface area contributed by atoms with Gasteiger partial charge in [0.1, 0.15) is 12.3 Å². The van der Waals surface area contributed by atoms with Gasteiger partial charge in [0.15, 0.2) is 0 Å². The van der Waals surface area contributed by atoms with Crippen molar-refractivity contribution in [2.75, 3.05) is 0 Å². The summed E-state index contributed by atoms with van der Waals surface area (Å²) in [6.45, 7) is 0.255. The van der Waals surface area contributed by atoms with Crippen LogP contribution in [0.5, 0.6) is 0 Å². The molecule has 0 saturated heterocycles. The molecule has 0 atom stereocenters. The van der Waals surface area contributed by atoms with Gasteiger partial charge in [0.2, 0.25) is 0 Å². The fraction of sp³-hybridized carbons (Fsp3) is 0.412. The first-order valence-electron chi connectivity index (χ1n) is 7.57. The second-order valence-electron chi connectivity index (χ2n) is 5.60. The molecule has 0 N–H and O–H groups in total. The molecule has 0 unspecified atom stereocenters. The molecular weight excluding hydrogens is 264 g/mol. The highest BCUT2D eigenvalue weighted by atomic mass is 16.5. The van der Waals surface area contributed by atoms with Crippen LogP contribution in [-0.4, -0.2) is 15.7 Å². The Morgan fingerprint density at radius 1 is 1.19 bits per heavy atom. The third-order valence-electron chi connectivity index (χ3n) is 3.98. The van der Waals surface area contributed by atoms with Gasteiger partial charge in [-0.3, -0.25) is 4.79 Å². The van der Waals surface area contributed by atoms with Gasteiger partial charge >= 0.3 is 5.97 Å². The molecule has 0 bridgehead atoms. The zero-order valence-corrected chi connectivity index (χ0v) is 12.1. The van der Waals surface area contributed by atoms with E-state index in [-0.39, 0.29) is 12.6 Å². The zero-order chi connectivity index (χ0) is 14.5. The molecule has 0 spiro atoms. The van der Waals surface area contributed by atoms with E-state index in [0.717, 1.165) is 24.2 Å². The van der Waals surface area contributed by atoms with E-state index >= 15 is 0 Å². The molecule has 0 aliphatic heterocycles. The Morgan fingerprint density at radius 3 is 2.71 bits per heavy atom. The second-order valence-corrected chi connectivity index (χ2v) is 5.60. The van der Waals surface area contributed by atoms with Crippen molar-refractivity contribution >= 4 is 5.97 Å². The lowest BCUT2D eigenvalue weighted by Crippen LogP contribution is -2.09. The van der Waals surface area contributed by atoms with Crippen molar-refractivity contribution in [2.24, 2.45) is 5.92 Å². The number of carbonyl (C=O) groups excluding carboxylic acids is 1. The van der Waals surface area contributed by atoms with Crippen molar-refractivity contribution in [3.8, 4) is 5.69 Å². The van der Waals surface area contributed by atoms with Crippen LogP contribution in [0.25, 0.3) is 5.69 Å². The molecule has 21 heavy (non-hydrogen) atoms. The third kappa shape index (κ3) is 3.72. The molecule has 3 rings (SSSR count). The number of esters is 1. The van der Waals surface area contributed by atoms with E-state index in [4.69, 9.17) is 4.74 Å². The Balaban J connectivity index is 1.51. The van der Waals surface area contributed by atoms with Crippen LogP contribution < -0.4 is 0 Å². The maximum Gasteiger partial charge on any atom is 0.306 e. The first-order valence-corrected chi connectivity index (χ1v) is 7.57. The number of ether oxygens (including phenoxy) is 1. The molecule has 2 aromatic rings. The molecule has 1 saturated carbocycles. The number of nitrogens with zero attached hydrogens (tertiary/aromatic N) is 2. The Bertz CT molecular complexity index is 586. The van der Waals surface area contributed by atoms with Crippen molar-refractivity contribution in [2.45, 2.75) is 38.7 Å². The molecule has 110 valence electrons. The second kappa shape index (κ2) is 6.57. The van der Waals surface area contributed by atoms with Crippen LogP contribution in [0.15, 0.2) is 42.6 Å². The van der Waals surface area contributed by atoms with Crippen molar-refractivity contribution < 1.29 is 9.53 Å². The van der Waals surface area contributed by atoms with Crippen LogP contribution in [0, 0.1) is 5.92 Å². The minimum atomic E-state index is -0.101. The highest BCUT2D eigenvalue weighted by Gasteiger charge is 2.19. The van der Waals surface area contributed by atoms with Gasteiger partial charge in [0.05, 0.1) is 5.69 Å². The van der Waals surface area contributed by atoms with Crippen molar-refractivity contribution in [1.29, 1.82) is 0 Å². The number of rotatable bonds is 5. The van der Waals surface area contributed by atoms with E-state index in [1.165, 1.54) is 12.8 Å². The molecule has 1 heterocycles. The van der Waals surface area contributed by atoms with Crippen LogP contribution in [0.4, 0.5) is 0 Å². The molecule has 4 nitrogen and oxygen atoms in total. The minimum absolute atomic E-state index is 0.101. The maximum atomic E-state index is 11.8. The van der Waals surface area contributed by atoms with Gasteiger partial charge < -0.3 is 4.74 Å². The lowest BCUT2D eigenvalue weighted by molar-refractivity contribution is -0.146. The number of aromatic nitrogens is 2. The van der Waals surface area contributed by atoms with Gasteiger partial charge in [-0.25, -0.2) is 4.68 Å². The smallest absolute Gasteiger partial charge is 0.306 e. The summed E-state index contributed by atoms with van der Waals surface area (Å²) in [5.41, 5.74) is 1.78. The number of para-hydroxylation sites is 1. The predicted octanol–water partition coefficient (Wildman–Crippen LogP) is 3.50. The van der Waals surface area contributed by atoms with Gasteiger partial charge in [-0.05, 0) is 37.0 Å². The van der Waals surface area contributed by atoms with E-state index in [1.807, 2.05) is 42.6 Å². The summed E-state index contributed by atoms with van der Waals surface area (Å²) in [6, 6.07) is 11.8. The number of carbonyl (C=O) groups is 1. The summed E-state index contributed by atoms with van der Waals surface area (Å²) in [6.07, 6.45) is 7.27. The van der Waals surface area contributed by atoms with Gasteiger partial charge in [0.25, 0.3) is 0 Å². The lowest BCUT2D eigenvalue weighted by atomic mass is 10.0. The summed E-state index contributed by atoms with van der Waals surface area (Å²) < 4.78 is 7.12. The fourth-order valence-corrected chi connectivity index (χ4v) is 2.83. The third-order valence-corrected chi connectivity index (χ3v) is 3.98. The van der Waals surface area contributed by atoms with Gasteiger partial charge in [-0.15, -0.1) is 0 Å². The molecule has 1 aromatic carbocycles. The summed E-state index contributed by atoms with van der Waals surface area (Å²) in [5.74, 6) is 0.426. The molecule has 4 heteroatoms. The highest BCUT2D eigenvalue weighted by Crippen LogP contribution is 2.27. The van der Waals surface area contributed by atoms with E-state index in [9.17, 15) is 4.79 Å². The summed E-state index contributed by atoms with van der Waals surface area (Å²) in [5, 5.41) is 4.42. The van der Waals surface area contributed by atoms with E-state index in [2.05, 4.69) is 5.10 Å². The van der Waals surface area contributed by atoms with Crippen molar-refractivity contribution in [3.05, 3.63) is 48.3 Å². The highest BCUT2D eigenvalue weighted by molar-refractivity contribution is 5.69. The van der Waals surface area contributed by atoms with Crippen LogP contribution in [0.3, 0.4) is 0 Å². The summed E-state index contributed by atoms with van der Waals surface area (Å²) >= 11 is 0. The Labute approximate surface area is 124 Å². The molecular formula is C17H20N2O2. The molecule has 0 radical (unpaired) electrons. The van der Waals surface area contributed by atoms with Gasteiger partial charge in [0, 0.05) is 12.6 Å². The molecule has 1 fully saturated rings. The monoisotopic (exact) mass is 284 g/mol. The molecule has 1 aliphatic rings. The van der Waals surface area contributed by atoms with Crippen molar-refractivity contribution in [3.63, 3.8) is 0 Å². The Morgan fingerprint density at radius 2 is 1.95 bits per heavy atom. The van der Waals surface area contributed by atoms with Gasteiger partial charge in [-0.2, -0.15) is 5.10 Å². The largest absolute Gasteiger partial charge is 0.459 e. The van der Waals surface area contributed by atoms with Crippen LogP contribution in [0.1, 0.15) is 37.8 Å². The van der Waals surface area contributed by atoms with Crippen LogP contribution >= 0.6 is 0 Å². The maximum absolute atomic E-state index is 11.8. The normalized spacial score (nSPS) is 15.2. The van der Waals surface area contributed by atoms with Crippen LogP contribution in [0.2, 0.25) is 0 Å². The first kappa shape index (κ1) is 13.9. The minimum Gasteiger partial charge on any atom is -0.459 e. The molecule has 1 aromatic heterocycles. The Hall–Kier alpha value is -2.10. The first-order chi connectivity index (χ1) is 10.3. The standard InChI is InChI=1S/C17H20N2O2/c20-17(12-14-6-4-5-7-14)21-13-15-10-11-19(18-15)16-8-2-1-3-9-16/h1-3,8-11,14H,4-7,12-13H2. The van der Waals surface area contributed by atoms with E-state index in [1.54, 1.807) is 4.68 Å². The summed E-state index contributed by atoms with van der Waals surface area (Å²) in [4.78, 5) is 11.8. The van der Waals surface area contributed by atoms with Crippen LogP contribution in [-0.2, 0) is 16.1 Å². The molecule has 0 amide bonds. The number of hydrogen-bond donors (Lipinski definition) is 0. The lowest BCUT2D eigenvalue weighted by Gasteiger charge is -2.07.